The first kappa shape index (κ1) is 11.4. The third kappa shape index (κ3) is 2.53. The summed E-state index contributed by atoms with van der Waals surface area (Å²) in [6.45, 7) is 4.80. The summed E-state index contributed by atoms with van der Waals surface area (Å²) in [5, 5.41) is 11.6. The Morgan fingerprint density at radius 2 is 2.18 bits per heavy atom. The fourth-order valence-corrected chi connectivity index (χ4v) is 1.77. The quantitative estimate of drug-likeness (QED) is 0.621. The van der Waals surface area contributed by atoms with Crippen molar-refractivity contribution in [3.63, 3.8) is 0 Å². The molecule has 0 fully saturated rings. The predicted octanol–water partition coefficient (Wildman–Crippen LogP) is 1.83. The molecule has 0 unspecified atom stereocenters. The van der Waals surface area contributed by atoms with Crippen molar-refractivity contribution in [1.82, 2.24) is 9.78 Å². The van der Waals surface area contributed by atoms with E-state index in [1.807, 2.05) is 49.1 Å². The van der Waals surface area contributed by atoms with Crippen molar-refractivity contribution in [1.29, 1.82) is 5.41 Å². The molecule has 4 heteroatoms. The molecule has 1 aromatic carbocycles. The summed E-state index contributed by atoms with van der Waals surface area (Å²) in [7, 11) is 0. The highest BCUT2D eigenvalue weighted by molar-refractivity contribution is 5.95. The number of rotatable bonds is 3. The van der Waals surface area contributed by atoms with Crippen LogP contribution in [0, 0.1) is 19.3 Å². The molecule has 0 amide bonds. The van der Waals surface area contributed by atoms with Crippen LogP contribution in [0.3, 0.4) is 0 Å². The van der Waals surface area contributed by atoms with Crippen LogP contribution in [0.2, 0.25) is 0 Å². The Hall–Kier alpha value is -2.10. The summed E-state index contributed by atoms with van der Waals surface area (Å²) in [5.74, 6) is 0.106. The van der Waals surface area contributed by atoms with Crippen molar-refractivity contribution in [2.75, 3.05) is 0 Å². The fraction of sp³-hybridized carbons (Fsp3) is 0.231. The summed E-state index contributed by atoms with van der Waals surface area (Å²) >= 11 is 0. The molecule has 1 aromatic heterocycles. The van der Waals surface area contributed by atoms with Gasteiger partial charge < -0.3 is 5.73 Å². The van der Waals surface area contributed by atoms with Crippen LogP contribution >= 0.6 is 0 Å². The van der Waals surface area contributed by atoms with Gasteiger partial charge in [-0.05, 0) is 36.6 Å². The number of nitrogens with zero attached hydrogens (tertiary/aromatic N) is 2. The molecule has 0 aliphatic heterocycles. The van der Waals surface area contributed by atoms with E-state index in [2.05, 4.69) is 5.10 Å². The minimum Gasteiger partial charge on any atom is -0.384 e. The van der Waals surface area contributed by atoms with Gasteiger partial charge in [0.15, 0.2) is 0 Å². The maximum Gasteiger partial charge on any atom is 0.122 e. The first-order chi connectivity index (χ1) is 8.06. The van der Waals surface area contributed by atoms with Gasteiger partial charge in [0.05, 0.1) is 12.7 Å². The van der Waals surface area contributed by atoms with Crippen LogP contribution in [0.5, 0.6) is 0 Å². The molecule has 0 spiro atoms. The van der Waals surface area contributed by atoms with Gasteiger partial charge in [-0.25, -0.2) is 0 Å². The lowest BCUT2D eigenvalue weighted by Gasteiger charge is -2.08. The Bertz CT molecular complexity index is 554. The monoisotopic (exact) mass is 228 g/mol. The molecule has 0 radical (unpaired) electrons. The Morgan fingerprint density at radius 3 is 2.71 bits per heavy atom. The van der Waals surface area contributed by atoms with Crippen LogP contribution < -0.4 is 5.73 Å². The molecule has 0 aliphatic carbocycles. The highest BCUT2D eigenvalue weighted by atomic mass is 15.3. The van der Waals surface area contributed by atoms with Crippen LogP contribution in [0.25, 0.3) is 0 Å². The summed E-state index contributed by atoms with van der Waals surface area (Å²) in [6.07, 6.45) is 3.86. The second kappa shape index (κ2) is 4.41. The number of nitrogen functional groups attached to an aromatic ring is 1. The van der Waals surface area contributed by atoms with E-state index < -0.39 is 0 Å². The summed E-state index contributed by atoms with van der Waals surface area (Å²) in [5.41, 5.74) is 9.70. The number of aromatic nitrogens is 2. The highest BCUT2D eigenvalue weighted by Gasteiger charge is 2.03. The van der Waals surface area contributed by atoms with Gasteiger partial charge in [0.2, 0.25) is 0 Å². The summed E-state index contributed by atoms with van der Waals surface area (Å²) in [4.78, 5) is 0. The normalized spacial score (nSPS) is 10.5. The molecular formula is C13H16N4. The molecule has 4 nitrogen and oxygen atoms in total. The fourth-order valence-electron chi connectivity index (χ4n) is 1.77. The Kier molecular flexibility index (Phi) is 2.95. The Balaban J connectivity index is 2.25. The van der Waals surface area contributed by atoms with Crippen molar-refractivity contribution in [2.45, 2.75) is 20.4 Å². The van der Waals surface area contributed by atoms with Crippen LogP contribution in [0.4, 0.5) is 0 Å². The summed E-state index contributed by atoms with van der Waals surface area (Å²) < 4.78 is 1.91. The van der Waals surface area contributed by atoms with E-state index in [9.17, 15) is 0 Å². The van der Waals surface area contributed by atoms with E-state index in [0.29, 0.717) is 0 Å². The zero-order valence-corrected chi connectivity index (χ0v) is 10.1. The van der Waals surface area contributed by atoms with Crippen molar-refractivity contribution in [2.24, 2.45) is 5.73 Å². The second-order valence-corrected chi connectivity index (χ2v) is 4.27. The molecular weight excluding hydrogens is 212 g/mol. The number of amidine groups is 1. The first-order valence-corrected chi connectivity index (χ1v) is 5.49. The Labute approximate surface area is 101 Å². The topological polar surface area (TPSA) is 67.7 Å². The van der Waals surface area contributed by atoms with E-state index in [4.69, 9.17) is 11.1 Å². The van der Waals surface area contributed by atoms with Crippen molar-refractivity contribution < 1.29 is 0 Å². The van der Waals surface area contributed by atoms with Gasteiger partial charge in [-0.2, -0.15) is 5.10 Å². The molecule has 0 atom stereocenters. The van der Waals surface area contributed by atoms with E-state index in [0.717, 1.165) is 23.2 Å². The third-order valence-electron chi connectivity index (χ3n) is 2.75. The lowest BCUT2D eigenvalue weighted by atomic mass is 10.0. The van der Waals surface area contributed by atoms with E-state index in [1.165, 1.54) is 5.56 Å². The number of aryl methyl sites for hydroxylation is 2. The first-order valence-electron chi connectivity index (χ1n) is 5.49. The molecule has 0 saturated heterocycles. The molecule has 0 bridgehead atoms. The molecule has 0 saturated carbocycles. The largest absolute Gasteiger partial charge is 0.384 e. The number of nitrogens with two attached hydrogens (primary N) is 1. The van der Waals surface area contributed by atoms with Gasteiger partial charge in [-0.3, -0.25) is 10.1 Å². The number of nitrogens with one attached hydrogen (secondary N) is 1. The highest BCUT2D eigenvalue weighted by Crippen LogP contribution is 2.12. The van der Waals surface area contributed by atoms with Crippen LogP contribution in [-0.4, -0.2) is 15.6 Å². The maximum absolute atomic E-state index is 7.39. The molecule has 2 aromatic rings. The SMILES string of the molecule is Cc1cnn(Cc2ccc(C(=N)N)cc2C)c1. The van der Waals surface area contributed by atoms with Crippen molar-refractivity contribution >= 4 is 5.84 Å². The molecule has 0 aliphatic rings. The maximum atomic E-state index is 7.39. The van der Waals surface area contributed by atoms with Crippen LogP contribution in [0.1, 0.15) is 22.3 Å². The zero-order chi connectivity index (χ0) is 12.4. The van der Waals surface area contributed by atoms with Gasteiger partial charge in [0, 0.05) is 11.8 Å². The lowest BCUT2D eigenvalue weighted by Crippen LogP contribution is -2.12. The van der Waals surface area contributed by atoms with E-state index in [1.54, 1.807) is 0 Å². The zero-order valence-electron chi connectivity index (χ0n) is 10.1. The second-order valence-electron chi connectivity index (χ2n) is 4.27. The molecule has 17 heavy (non-hydrogen) atoms. The minimum absolute atomic E-state index is 0.106. The standard InChI is InChI=1S/C13H16N4/c1-9-6-16-17(7-9)8-12-4-3-11(13(14)15)5-10(12)2/h3-7H,8H2,1-2H3,(H3,14,15). The Morgan fingerprint density at radius 1 is 1.41 bits per heavy atom. The average Bonchev–Trinajstić information content (AvgIpc) is 2.67. The predicted molar refractivity (Wildman–Crippen MR) is 68.3 cm³/mol. The number of hydrogen-bond acceptors (Lipinski definition) is 2. The van der Waals surface area contributed by atoms with Gasteiger partial charge in [0.25, 0.3) is 0 Å². The van der Waals surface area contributed by atoms with E-state index in [-0.39, 0.29) is 5.84 Å². The smallest absolute Gasteiger partial charge is 0.122 e. The van der Waals surface area contributed by atoms with Crippen LogP contribution in [-0.2, 0) is 6.54 Å². The number of hydrogen-bond donors (Lipinski definition) is 2. The van der Waals surface area contributed by atoms with Gasteiger partial charge in [-0.15, -0.1) is 0 Å². The van der Waals surface area contributed by atoms with Crippen LogP contribution in [0.15, 0.2) is 30.6 Å². The molecule has 2 rings (SSSR count). The van der Waals surface area contributed by atoms with Gasteiger partial charge >= 0.3 is 0 Å². The van der Waals surface area contributed by atoms with Gasteiger partial charge in [-0.1, -0.05) is 12.1 Å². The average molecular weight is 228 g/mol. The summed E-state index contributed by atoms with van der Waals surface area (Å²) in [6, 6.07) is 5.82. The lowest BCUT2D eigenvalue weighted by molar-refractivity contribution is 0.683. The van der Waals surface area contributed by atoms with E-state index >= 15 is 0 Å². The van der Waals surface area contributed by atoms with Crippen molar-refractivity contribution in [3.05, 3.63) is 52.8 Å². The van der Waals surface area contributed by atoms with Gasteiger partial charge in [0.1, 0.15) is 5.84 Å². The number of benzene rings is 1. The third-order valence-corrected chi connectivity index (χ3v) is 2.75. The molecule has 3 N–H and O–H groups in total. The molecule has 88 valence electrons. The minimum atomic E-state index is 0.106. The van der Waals surface area contributed by atoms with Crippen molar-refractivity contribution in [3.8, 4) is 0 Å². The molecule has 1 heterocycles.